The lowest BCUT2D eigenvalue weighted by molar-refractivity contribution is -0.384. The van der Waals surface area contributed by atoms with E-state index < -0.39 is 4.92 Å². The van der Waals surface area contributed by atoms with Crippen LogP contribution in [0.1, 0.15) is 12.0 Å². The second-order valence-electron chi connectivity index (χ2n) is 7.36. The van der Waals surface area contributed by atoms with Crippen molar-refractivity contribution in [1.29, 1.82) is 0 Å². The molecule has 2 amide bonds. The van der Waals surface area contributed by atoms with Gasteiger partial charge in [-0.15, -0.1) is 0 Å². The Labute approximate surface area is 153 Å². The van der Waals surface area contributed by atoms with Crippen molar-refractivity contribution in [2.45, 2.75) is 6.42 Å². The summed E-state index contributed by atoms with van der Waals surface area (Å²) in [5, 5.41) is 16.0. The van der Waals surface area contributed by atoms with Crippen LogP contribution >= 0.6 is 11.6 Å². The van der Waals surface area contributed by atoms with E-state index in [1.807, 2.05) is 0 Å². The number of carbonyl (C=O) groups is 2. The predicted octanol–water partition coefficient (Wildman–Crippen LogP) is 2.64. The number of nitro benzene ring substituents is 1. The smallest absolute Gasteiger partial charge is 0.272 e. The number of allylic oxidation sites excluding steroid dienone is 2. The molecule has 132 valence electrons. The van der Waals surface area contributed by atoms with Crippen LogP contribution in [0.2, 0.25) is 5.02 Å². The lowest BCUT2D eigenvalue weighted by Gasteiger charge is -2.37. The quantitative estimate of drug-likeness (QED) is 0.268. The maximum atomic E-state index is 12.8. The summed E-state index contributed by atoms with van der Waals surface area (Å²) in [6, 6.07) is 4.22. The number of nitro groups is 1. The molecule has 1 aromatic rings. The summed E-state index contributed by atoms with van der Waals surface area (Å²) < 4.78 is 0. The second kappa shape index (κ2) is 5.23. The average Bonchev–Trinajstić information content (AvgIpc) is 3.40. The molecule has 8 heteroatoms. The largest absolute Gasteiger partial charge is 0.288 e. The van der Waals surface area contributed by atoms with Crippen LogP contribution in [-0.2, 0) is 9.59 Å². The van der Waals surface area contributed by atoms with Gasteiger partial charge in [0.2, 0.25) is 0 Å². The van der Waals surface area contributed by atoms with Gasteiger partial charge in [-0.3, -0.25) is 19.7 Å². The van der Waals surface area contributed by atoms with E-state index in [0.717, 1.165) is 11.4 Å². The third-order valence-electron chi connectivity index (χ3n) is 6.13. The summed E-state index contributed by atoms with van der Waals surface area (Å²) in [5.41, 5.74) is 0.159. The van der Waals surface area contributed by atoms with E-state index in [2.05, 4.69) is 17.3 Å². The molecule has 26 heavy (non-hydrogen) atoms. The molecular formula is C18H14ClN3O4. The van der Waals surface area contributed by atoms with Crippen molar-refractivity contribution in [2.24, 2.45) is 40.6 Å². The van der Waals surface area contributed by atoms with Crippen molar-refractivity contribution in [3.8, 4) is 0 Å². The lowest BCUT2D eigenvalue weighted by Crippen LogP contribution is -2.40. The maximum absolute atomic E-state index is 12.8. The molecule has 6 rings (SSSR count). The predicted molar refractivity (Wildman–Crippen MR) is 92.3 cm³/mol. The summed E-state index contributed by atoms with van der Waals surface area (Å²) in [7, 11) is 0. The first-order chi connectivity index (χ1) is 12.5. The zero-order valence-corrected chi connectivity index (χ0v) is 14.2. The average molecular weight is 372 g/mol. The number of imide groups is 1. The Balaban J connectivity index is 1.43. The molecule has 0 spiro atoms. The number of halogens is 1. The normalized spacial score (nSPS) is 36.6. The molecule has 4 aliphatic carbocycles. The summed E-state index contributed by atoms with van der Waals surface area (Å²) in [5.74, 6) is 0.216. The van der Waals surface area contributed by atoms with Crippen molar-refractivity contribution in [2.75, 3.05) is 0 Å². The van der Waals surface area contributed by atoms with E-state index in [1.165, 1.54) is 18.3 Å². The van der Waals surface area contributed by atoms with Crippen LogP contribution in [0.4, 0.5) is 5.69 Å². The molecule has 0 aromatic heterocycles. The van der Waals surface area contributed by atoms with Crippen molar-refractivity contribution in [3.05, 3.63) is 51.1 Å². The van der Waals surface area contributed by atoms with Gasteiger partial charge >= 0.3 is 0 Å². The molecule has 6 atom stereocenters. The van der Waals surface area contributed by atoms with E-state index >= 15 is 0 Å². The number of carbonyl (C=O) groups excluding carboxylic acids is 2. The van der Waals surface area contributed by atoms with Crippen molar-refractivity contribution >= 4 is 35.3 Å². The standard InChI is InChI=1S/C18H14ClN3O4/c19-13-4-1-8(5-14(13)22(25)26)7-20-21-17(23)15-9-2-3-10(12-6-11(9)12)16(15)18(21)24/h1-5,7,9-12,15-16H,6H2/b20-7-/t9-,10-,11-,12+,15-,16-/m1/s1. The Morgan fingerprint density at radius 2 is 1.77 bits per heavy atom. The highest BCUT2D eigenvalue weighted by Gasteiger charge is 2.67. The summed E-state index contributed by atoms with van der Waals surface area (Å²) >= 11 is 5.79. The van der Waals surface area contributed by atoms with Gasteiger partial charge in [0, 0.05) is 11.6 Å². The molecule has 5 aliphatic rings. The molecule has 2 bridgehead atoms. The Kier molecular flexibility index (Phi) is 3.16. The topological polar surface area (TPSA) is 92.9 Å². The SMILES string of the molecule is O=C1[C@@H]2[C@@H]3C=C[C@H]([C@@H]4C[C@H]34)[C@H]2C(=O)N1/N=C\c1ccc(Cl)c([N+](=O)[O-])c1. The number of hydrazone groups is 1. The van der Waals surface area contributed by atoms with Gasteiger partial charge < -0.3 is 0 Å². The first-order valence-electron chi connectivity index (χ1n) is 8.51. The highest BCUT2D eigenvalue weighted by atomic mass is 35.5. The molecule has 2 saturated carbocycles. The molecule has 7 nitrogen and oxygen atoms in total. The number of amides is 2. The van der Waals surface area contributed by atoms with Crippen LogP contribution in [-0.4, -0.2) is 28.0 Å². The van der Waals surface area contributed by atoms with E-state index in [4.69, 9.17) is 11.6 Å². The van der Waals surface area contributed by atoms with Crippen molar-refractivity contribution < 1.29 is 14.5 Å². The van der Waals surface area contributed by atoms with E-state index in [9.17, 15) is 19.7 Å². The van der Waals surface area contributed by atoms with Gasteiger partial charge in [-0.05, 0) is 36.2 Å². The maximum Gasteiger partial charge on any atom is 0.288 e. The van der Waals surface area contributed by atoms with E-state index in [1.54, 1.807) is 6.07 Å². The third kappa shape index (κ3) is 2.03. The molecule has 3 fully saturated rings. The van der Waals surface area contributed by atoms with Crippen LogP contribution < -0.4 is 0 Å². The van der Waals surface area contributed by atoms with E-state index in [-0.39, 0.29) is 46.2 Å². The molecule has 1 heterocycles. The van der Waals surface area contributed by atoms with Gasteiger partial charge in [-0.2, -0.15) is 10.1 Å². The third-order valence-corrected chi connectivity index (χ3v) is 6.45. The summed E-state index contributed by atoms with van der Waals surface area (Å²) in [4.78, 5) is 36.0. The van der Waals surface area contributed by atoms with Gasteiger partial charge in [0.15, 0.2) is 0 Å². The highest BCUT2D eigenvalue weighted by molar-refractivity contribution is 6.32. The zero-order chi connectivity index (χ0) is 18.2. The fourth-order valence-corrected chi connectivity index (χ4v) is 5.12. The van der Waals surface area contributed by atoms with E-state index in [0.29, 0.717) is 17.4 Å². The fraction of sp³-hybridized carbons (Fsp3) is 0.389. The second-order valence-corrected chi connectivity index (χ2v) is 7.76. The molecule has 1 saturated heterocycles. The summed E-state index contributed by atoms with van der Waals surface area (Å²) in [6.45, 7) is 0. The number of hydrogen-bond donors (Lipinski definition) is 0. The number of rotatable bonds is 3. The van der Waals surface area contributed by atoms with Gasteiger partial charge in [-0.25, -0.2) is 0 Å². The van der Waals surface area contributed by atoms with Crippen molar-refractivity contribution in [3.63, 3.8) is 0 Å². The minimum atomic E-state index is -0.587. The molecule has 0 unspecified atom stereocenters. The fourth-order valence-electron chi connectivity index (χ4n) is 4.93. The minimum Gasteiger partial charge on any atom is -0.272 e. The molecule has 1 aliphatic heterocycles. The van der Waals surface area contributed by atoms with Gasteiger partial charge in [-0.1, -0.05) is 29.8 Å². The molecular weight excluding hydrogens is 358 g/mol. The molecule has 0 radical (unpaired) electrons. The zero-order valence-electron chi connectivity index (χ0n) is 13.5. The van der Waals surface area contributed by atoms with Crippen LogP contribution in [0, 0.1) is 45.6 Å². The molecule has 0 N–H and O–H groups in total. The highest BCUT2D eigenvalue weighted by Crippen LogP contribution is 2.65. The van der Waals surface area contributed by atoms with Crippen LogP contribution in [0.3, 0.4) is 0 Å². The first-order valence-corrected chi connectivity index (χ1v) is 8.89. The Hall–Kier alpha value is -2.54. The Morgan fingerprint density at radius 3 is 2.35 bits per heavy atom. The Bertz CT molecular complexity index is 891. The number of hydrogen-bond acceptors (Lipinski definition) is 5. The van der Waals surface area contributed by atoms with Crippen molar-refractivity contribution in [1.82, 2.24) is 5.01 Å². The van der Waals surface area contributed by atoms with Crippen LogP contribution in [0.5, 0.6) is 0 Å². The summed E-state index contributed by atoms with van der Waals surface area (Å²) in [6.07, 6.45) is 6.60. The van der Waals surface area contributed by atoms with Gasteiger partial charge in [0.1, 0.15) is 5.02 Å². The van der Waals surface area contributed by atoms with Crippen LogP contribution in [0.15, 0.2) is 35.5 Å². The number of benzene rings is 1. The lowest BCUT2D eigenvalue weighted by atomic mass is 9.63. The van der Waals surface area contributed by atoms with Crippen LogP contribution in [0.25, 0.3) is 0 Å². The monoisotopic (exact) mass is 371 g/mol. The first kappa shape index (κ1) is 15.7. The number of nitrogens with zero attached hydrogens (tertiary/aromatic N) is 3. The minimum absolute atomic E-state index is 0.0216. The molecule has 1 aromatic carbocycles. The Morgan fingerprint density at radius 1 is 1.15 bits per heavy atom. The van der Waals surface area contributed by atoms with Gasteiger partial charge in [0.05, 0.1) is 23.0 Å². The van der Waals surface area contributed by atoms with Gasteiger partial charge in [0.25, 0.3) is 17.5 Å².